The van der Waals surface area contributed by atoms with Gasteiger partial charge in [0.25, 0.3) is 7.52 Å². The van der Waals surface area contributed by atoms with E-state index in [2.05, 4.69) is 9.61 Å². The molecule has 0 saturated carbocycles. The van der Waals surface area contributed by atoms with E-state index in [-0.39, 0.29) is 19.8 Å². The first kappa shape index (κ1) is 27.1. The molecule has 27 heavy (non-hydrogen) atoms. The number of ether oxygens (including phenoxy) is 4. The molecule has 11 nitrogen and oxygen atoms in total. The Morgan fingerprint density at radius 3 is 1.78 bits per heavy atom. The number of rotatable bonds is 19. The summed E-state index contributed by atoms with van der Waals surface area (Å²) in [5.41, 5.74) is 0. The van der Waals surface area contributed by atoms with Gasteiger partial charge >= 0.3 is 7.60 Å². The summed E-state index contributed by atoms with van der Waals surface area (Å²) >= 11 is 0. The van der Waals surface area contributed by atoms with Gasteiger partial charge in [-0.15, -0.1) is 0 Å². The Labute approximate surface area is 160 Å². The average molecular weight is 437 g/mol. The highest BCUT2D eigenvalue weighted by molar-refractivity contribution is 7.55. The molecule has 0 bridgehead atoms. The van der Waals surface area contributed by atoms with Crippen LogP contribution in [0.25, 0.3) is 0 Å². The van der Waals surface area contributed by atoms with Crippen molar-refractivity contribution in [3.63, 3.8) is 0 Å². The molecule has 0 aliphatic heterocycles. The molecule has 0 rings (SSSR count). The van der Waals surface area contributed by atoms with Crippen LogP contribution >= 0.6 is 15.1 Å². The van der Waals surface area contributed by atoms with Crippen LogP contribution < -0.4 is 5.09 Å². The molecule has 0 aromatic rings. The summed E-state index contributed by atoms with van der Waals surface area (Å²) in [6, 6.07) is 0. The highest BCUT2D eigenvalue weighted by atomic mass is 31.2. The van der Waals surface area contributed by atoms with Crippen LogP contribution in [0.1, 0.15) is 6.42 Å². The van der Waals surface area contributed by atoms with E-state index in [1.165, 1.54) is 6.66 Å². The summed E-state index contributed by atoms with van der Waals surface area (Å²) in [6.07, 6.45) is -0.334. The van der Waals surface area contributed by atoms with Gasteiger partial charge in [0.2, 0.25) is 0 Å². The quantitative estimate of drug-likeness (QED) is 0.160. The lowest BCUT2D eigenvalue weighted by atomic mass is 10.4. The van der Waals surface area contributed by atoms with Crippen molar-refractivity contribution >= 4 is 15.1 Å². The van der Waals surface area contributed by atoms with E-state index in [1.54, 1.807) is 0 Å². The number of hydrogen-bond donors (Lipinski definition) is 4. The molecule has 3 unspecified atom stereocenters. The first-order chi connectivity index (χ1) is 12.6. The third-order valence-electron chi connectivity index (χ3n) is 2.80. The maximum Gasteiger partial charge on any atom is 0.325 e. The molecule has 164 valence electrons. The van der Waals surface area contributed by atoms with Crippen molar-refractivity contribution in [3.05, 3.63) is 0 Å². The Bertz CT molecular complexity index is 442. The highest BCUT2D eigenvalue weighted by Gasteiger charge is 2.13. The van der Waals surface area contributed by atoms with Gasteiger partial charge in [-0.1, -0.05) is 0 Å². The molecule has 0 aliphatic rings. The summed E-state index contributed by atoms with van der Waals surface area (Å²) in [5, 5.41) is 12.0. The minimum Gasteiger partial charge on any atom is -0.388 e. The minimum atomic E-state index is -3.58. The molecular formula is C14H33NO10P2. The zero-order chi connectivity index (χ0) is 20.6. The smallest absolute Gasteiger partial charge is 0.325 e. The Kier molecular flexibility index (Phi) is 16.0. The zero-order valence-electron chi connectivity index (χ0n) is 15.9. The lowest BCUT2D eigenvalue weighted by Gasteiger charge is -2.13. The molecule has 0 spiro atoms. The molecule has 0 aromatic heterocycles. The van der Waals surface area contributed by atoms with E-state index in [0.29, 0.717) is 52.6 Å². The van der Waals surface area contributed by atoms with E-state index < -0.39 is 21.2 Å². The van der Waals surface area contributed by atoms with Crippen molar-refractivity contribution in [2.75, 3.05) is 79.3 Å². The van der Waals surface area contributed by atoms with Crippen molar-refractivity contribution in [2.45, 2.75) is 12.5 Å². The van der Waals surface area contributed by atoms with Crippen molar-refractivity contribution in [1.29, 1.82) is 0 Å². The topological polar surface area (TPSA) is 153 Å². The summed E-state index contributed by atoms with van der Waals surface area (Å²) in [5.74, 6) is 0. The normalized spacial score (nSPS) is 17.4. The van der Waals surface area contributed by atoms with Crippen LogP contribution in [-0.4, -0.2) is 100 Å². The summed E-state index contributed by atoms with van der Waals surface area (Å²) in [6.45, 7) is 5.19. The molecule has 0 heterocycles. The highest BCUT2D eigenvalue weighted by Crippen LogP contribution is 2.36. The molecule has 0 aliphatic carbocycles. The fourth-order valence-corrected chi connectivity index (χ4v) is 2.63. The van der Waals surface area contributed by atoms with Gasteiger partial charge in [-0.05, 0) is 6.42 Å². The minimum absolute atomic E-state index is 0.0131. The van der Waals surface area contributed by atoms with Gasteiger partial charge in [-0.2, -0.15) is 0 Å². The predicted octanol–water partition coefficient (Wildman–Crippen LogP) is 0.0404. The molecule has 0 aromatic carbocycles. The Morgan fingerprint density at radius 2 is 1.30 bits per heavy atom. The predicted molar refractivity (Wildman–Crippen MR) is 99.4 cm³/mol. The average Bonchev–Trinajstić information content (AvgIpc) is 2.55. The molecular weight excluding hydrogens is 404 g/mol. The third kappa shape index (κ3) is 24.1. The van der Waals surface area contributed by atoms with Crippen molar-refractivity contribution in [2.24, 2.45) is 0 Å². The van der Waals surface area contributed by atoms with Gasteiger partial charge in [-0.25, -0.2) is 5.09 Å². The number of aliphatic hydroxyl groups excluding tert-OH is 1. The fourth-order valence-electron chi connectivity index (χ4n) is 1.61. The molecule has 0 saturated heterocycles. The molecule has 0 amide bonds. The van der Waals surface area contributed by atoms with Crippen molar-refractivity contribution < 1.29 is 47.5 Å². The summed E-state index contributed by atoms with van der Waals surface area (Å²) < 4.78 is 47.4. The van der Waals surface area contributed by atoms with E-state index in [0.717, 1.165) is 6.66 Å². The summed E-state index contributed by atoms with van der Waals surface area (Å²) in [7, 11) is -6.74. The lowest BCUT2D eigenvalue weighted by Crippen LogP contribution is -2.22. The van der Waals surface area contributed by atoms with Crippen LogP contribution in [0.4, 0.5) is 0 Å². The molecule has 13 heteroatoms. The first-order valence-electron chi connectivity index (χ1n) is 8.59. The second kappa shape index (κ2) is 16.0. The number of nitrogens with one attached hydrogen (secondary N) is 1. The van der Waals surface area contributed by atoms with Gasteiger partial charge in [0.05, 0.1) is 52.9 Å². The SMILES string of the molecule is CP(=O)(O)NCCCOCCOCCOCCOCC(O)COP(C)(=O)O. The van der Waals surface area contributed by atoms with E-state index >= 15 is 0 Å². The lowest BCUT2D eigenvalue weighted by molar-refractivity contribution is -0.0249. The second-order valence-corrected chi connectivity index (χ2v) is 9.74. The maximum absolute atomic E-state index is 11.0. The Hall–Kier alpha value is 0.1000. The Balaban J connectivity index is 3.21. The van der Waals surface area contributed by atoms with Gasteiger partial charge in [0, 0.05) is 26.5 Å². The van der Waals surface area contributed by atoms with Crippen LogP contribution in [0.5, 0.6) is 0 Å². The van der Waals surface area contributed by atoms with Gasteiger partial charge in [-0.3, -0.25) is 9.13 Å². The molecule has 0 radical (unpaired) electrons. The van der Waals surface area contributed by atoms with E-state index in [1.807, 2.05) is 0 Å². The van der Waals surface area contributed by atoms with Crippen LogP contribution in [0, 0.1) is 0 Å². The standard InChI is InChI=1S/C14H33NO10P2/c1-26(17,18)15-4-3-5-21-6-7-22-8-9-23-10-11-24-12-14(16)13-25-27(2,19)20/h14,16H,3-13H2,1-2H3,(H,19,20)(H2,15,17,18). The first-order valence-corrected chi connectivity index (χ1v) is 12.7. The zero-order valence-corrected chi connectivity index (χ0v) is 17.7. The van der Waals surface area contributed by atoms with E-state index in [4.69, 9.17) is 28.7 Å². The molecule has 3 atom stereocenters. The summed E-state index contributed by atoms with van der Waals surface area (Å²) in [4.78, 5) is 17.9. The van der Waals surface area contributed by atoms with Gasteiger partial charge in [0.15, 0.2) is 0 Å². The van der Waals surface area contributed by atoms with Gasteiger partial charge in [0.1, 0.15) is 6.10 Å². The van der Waals surface area contributed by atoms with Crippen molar-refractivity contribution in [3.8, 4) is 0 Å². The largest absolute Gasteiger partial charge is 0.388 e. The molecule has 4 N–H and O–H groups in total. The monoisotopic (exact) mass is 437 g/mol. The van der Waals surface area contributed by atoms with Crippen LogP contribution in [0.2, 0.25) is 0 Å². The van der Waals surface area contributed by atoms with Crippen LogP contribution in [0.15, 0.2) is 0 Å². The van der Waals surface area contributed by atoms with Crippen LogP contribution in [0.3, 0.4) is 0 Å². The van der Waals surface area contributed by atoms with Crippen LogP contribution in [-0.2, 0) is 32.6 Å². The molecule has 0 fully saturated rings. The third-order valence-corrected chi connectivity index (χ3v) is 4.24. The number of hydrogen-bond acceptors (Lipinski definition) is 8. The Morgan fingerprint density at radius 1 is 0.815 bits per heavy atom. The van der Waals surface area contributed by atoms with E-state index in [9.17, 15) is 14.2 Å². The maximum atomic E-state index is 11.0. The van der Waals surface area contributed by atoms with Crippen molar-refractivity contribution in [1.82, 2.24) is 5.09 Å². The second-order valence-electron chi connectivity index (χ2n) is 5.81. The van der Waals surface area contributed by atoms with Gasteiger partial charge < -0.3 is 38.4 Å². The fraction of sp³-hybridized carbons (Fsp3) is 1.00. The number of aliphatic hydroxyl groups is 1.